The molecule has 3 nitrogen and oxygen atoms in total. The van der Waals surface area contributed by atoms with Gasteiger partial charge in [-0.2, -0.15) is 0 Å². The predicted molar refractivity (Wildman–Crippen MR) is 89.9 cm³/mol. The highest BCUT2D eigenvalue weighted by atomic mass is 28.4. The van der Waals surface area contributed by atoms with Crippen LogP contribution in [-0.2, 0) is 8.85 Å². The number of nitrogens with zero attached hydrogens (tertiary/aromatic N) is 1. The third kappa shape index (κ3) is 8.97. The lowest BCUT2D eigenvalue weighted by molar-refractivity contribution is 0.172. The molecular formula is C14H35NO2Si2. The van der Waals surface area contributed by atoms with E-state index in [-0.39, 0.29) is 5.54 Å². The molecule has 0 amide bonds. The van der Waals surface area contributed by atoms with Gasteiger partial charge in [-0.05, 0) is 53.4 Å². The van der Waals surface area contributed by atoms with Crippen molar-refractivity contribution in [2.45, 2.75) is 64.8 Å². The Morgan fingerprint density at radius 3 is 2.16 bits per heavy atom. The van der Waals surface area contributed by atoms with Gasteiger partial charge in [-0.1, -0.05) is 19.5 Å². The van der Waals surface area contributed by atoms with Crippen LogP contribution in [0.15, 0.2) is 0 Å². The minimum Gasteiger partial charge on any atom is -0.398 e. The Labute approximate surface area is 123 Å². The van der Waals surface area contributed by atoms with Gasteiger partial charge >= 0.3 is 8.56 Å². The molecule has 0 rings (SSSR count). The largest absolute Gasteiger partial charge is 0.398 e. The summed E-state index contributed by atoms with van der Waals surface area (Å²) in [6, 6.07) is 1.11. The van der Waals surface area contributed by atoms with Crippen molar-refractivity contribution in [3.05, 3.63) is 0 Å². The van der Waals surface area contributed by atoms with E-state index in [0.717, 1.165) is 18.8 Å². The Hall–Kier alpha value is 0.314. The Kier molecular flexibility index (Phi) is 8.71. The Bertz CT molecular complexity index is 244. The zero-order valence-electron chi connectivity index (χ0n) is 14.4. The Morgan fingerprint density at radius 1 is 1.16 bits per heavy atom. The van der Waals surface area contributed by atoms with Crippen LogP contribution in [0.3, 0.4) is 0 Å². The van der Waals surface area contributed by atoms with Crippen molar-refractivity contribution in [2.24, 2.45) is 0 Å². The van der Waals surface area contributed by atoms with Crippen LogP contribution < -0.4 is 0 Å². The molecular weight excluding hydrogens is 270 g/mol. The van der Waals surface area contributed by atoms with Crippen molar-refractivity contribution in [3.8, 4) is 0 Å². The maximum atomic E-state index is 6.08. The van der Waals surface area contributed by atoms with Gasteiger partial charge in [-0.25, -0.2) is 0 Å². The normalized spacial score (nSPS) is 16.1. The fourth-order valence-electron chi connectivity index (χ4n) is 1.71. The number of rotatable bonds is 9. The topological polar surface area (TPSA) is 21.7 Å². The van der Waals surface area contributed by atoms with Gasteiger partial charge in [0.15, 0.2) is 0 Å². The molecule has 0 aliphatic carbocycles. The highest BCUT2D eigenvalue weighted by molar-refractivity contribution is 6.67. The molecule has 0 aromatic heterocycles. The van der Waals surface area contributed by atoms with Gasteiger partial charge in [0.2, 0.25) is 0 Å². The second kappa shape index (κ2) is 8.57. The van der Waals surface area contributed by atoms with Gasteiger partial charge < -0.3 is 13.8 Å². The molecule has 0 aromatic rings. The lowest BCUT2D eigenvalue weighted by Crippen LogP contribution is -2.40. The number of hydrogen-bond acceptors (Lipinski definition) is 3. The average molecular weight is 306 g/mol. The first-order valence-corrected chi connectivity index (χ1v) is 13.2. The van der Waals surface area contributed by atoms with Crippen LogP contribution in [0.1, 0.15) is 33.6 Å². The third-order valence-electron chi connectivity index (χ3n) is 3.67. The molecule has 0 saturated carbocycles. The molecule has 0 spiro atoms. The average Bonchev–Trinajstić information content (AvgIpc) is 2.30. The summed E-state index contributed by atoms with van der Waals surface area (Å²) >= 11 is 0. The maximum Gasteiger partial charge on any atom is 0.334 e. The standard InChI is InChI=1S/C14H35NO2Si2/c1-14(2,3)15(4)11-9-10-12-19(8,16-5)17-13-18(6)7/h18H,9-13H2,1-8H3. The quantitative estimate of drug-likeness (QED) is 0.482. The van der Waals surface area contributed by atoms with Crippen molar-refractivity contribution in [1.82, 2.24) is 4.90 Å². The zero-order chi connectivity index (χ0) is 15.1. The van der Waals surface area contributed by atoms with Crippen molar-refractivity contribution < 1.29 is 8.85 Å². The first-order valence-electron chi connectivity index (χ1n) is 7.51. The fraction of sp³-hybridized carbons (Fsp3) is 1.00. The van der Waals surface area contributed by atoms with Crippen molar-refractivity contribution >= 4 is 17.4 Å². The predicted octanol–water partition coefficient (Wildman–Crippen LogP) is 3.26. The van der Waals surface area contributed by atoms with E-state index in [0.29, 0.717) is 0 Å². The number of hydrogen-bond donors (Lipinski definition) is 0. The SMILES string of the molecule is CO[Si](C)(CCCCN(C)C(C)(C)C)OC[SiH](C)C. The third-order valence-corrected chi connectivity index (χ3v) is 7.74. The van der Waals surface area contributed by atoms with Crippen molar-refractivity contribution in [2.75, 3.05) is 26.9 Å². The molecule has 0 aliphatic rings. The van der Waals surface area contributed by atoms with Crippen LogP contribution in [0.4, 0.5) is 0 Å². The minimum absolute atomic E-state index is 0.266. The van der Waals surface area contributed by atoms with Crippen LogP contribution >= 0.6 is 0 Å². The van der Waals surface area contributed by atoms with Crippen molar-refractivity contribution in [3.63, 3.8) is 0 Å². The highest BCUT2D eigenvalue weighted by Gasteiger charge is 2.30. The van der Waals surface area contributed by atoms with Gasteiger partial charge in [0.25, 0.3) is 0 Å². The maximum absolute atomic E-state index is 6.08. The van der Waals surface area contributed by atoms with E-state index in [9.17, 15) is 0 Å². The first kappa shape index (κ1) is 19.3. The zero-order valence-corrected chi connectivity index (χ0v) is 16.5. The molecule has 0 radical (unpaired) electrons. The summed E-state index contributed by atoms with van der Waals surface area (Å²) in [7, 11) is 1.49. The lowest BCUT2D eigenvalue weighted by Gasteiger charge is -2.32. The molecule has 0 aromatic carbocycles. The fourth-order valence-corrected chi connectivity index (χ4v) is 5.81. The summed E-state index contributed by atoms with van der Waals surface area (Å²) in [5.74, 6) is 0. The molecule has 0 fully saturated rings. The highest BCUT2D eigenvalue weighted by Crippen LogP contribution is 2.18. The Morgan fingerprint density at radius 2 is 1.74 bits per heavy atom. The number of unbranched alkanes of at least 4 members (excludes halogenated alkanes) is 1. The molecule has 116 valence electrons. The van der Waals surface area contributed by atoms with E-state index in [1.54, 1.807) is 0 Å². The molecule has 0 heterocycles. The molecule has 1 unspecified atom stereocenters. The smallest absolute Gasteiger partial charge is 0.334 e. The summed E-state index contributed by atoms with van der Waals surface area (Å²) < 4.78 is 11.8. The molecule has 19 heavy (non-hydrogen) atoms. The van der Waals surface area contributed by atoms with E-state index in [1.807, 2.05) is 7.11 Å². The van der Waals surface area contributed by atoms with Gasteiger partial charge in [0, 0.05) is 18.9 Å². The van der Waals surface area contributed by atoms with Crippen LogP contribution in [0.25, 0.3) is 0 Å². The second-order valence-electron chi connectivity index (χ2n) is 7.09. The molecule has 0 aliphatic heterocycles. The van der Waals surface area contributed by atoms with Crippen LogP contribution in [0.5, 0.6) is 0 Å². The van der Waals surface area contributed by atoms with Crippen LogP contribution in [0, 0.1) is 0 Å². The summed E-state index contributed by atoms with van der Waals surface area (Å²) in [4.78, 5) is 2.42. The molecule has 0 bridgehead atoms. The van der Waals surface area contributed by atoms with E-state index in [4.69, 9.17) is 8.85 Å². The lowest BCUT2D eigenvalue weighted by atomic mass is 10.1. The van der Waals surface area contributed by atoms with Crippen LogP contribution in [0.2, 0.25) is 25.7 Å². The van der Waals surface area contributed by atoms with Gasteiger partial charge in [-0.3, -0.25) is 0 Å². The van der Waals surface area contributed by atoms with Gasteiger partial charge in [-0.15, -0.1) is 0 Å². The van der Waals surface area contributed by atoms with Gasteiger partial charge in [0.05, 0.1) is 8.80 Å². The monoisotopic (exact) mass is 305 g/mol. The molecule has 1 atom stereocenters. The van der Waals surface area contributed by atoms with E-state index < -0.39 is 17.4 Å². The summed E-state index contributed by atoms with van der Waals surface area (Å²) in [5.41, 5.74) is 0.266. The Balaban J connectivity index is 3.95. The molecule has 0 N–H and O–H groups in total. The molecule has 0 saturated heterocycles. The van der Waals surface area contributed by atoms with Crippen LogP contribution in [-0.4, -0.2) is 54.7 Å². The van der Waals surface area contributed by atoms with E-state index >= 15 is 0 Å². The minimum atomic E-state index is -1.89. The summed E-state index contributed by atoms with van der Waals surface area (Å²) in [5, 5.41) is 0. The second-order valence-corrected chi connectivity index (χ2v) is 13.7. The molecule has 5 heteroatoms. The summed E-state index contributed by atoms with van der Waals surface area (Å²) in [6.45, 7) is 14.8. The first-order chi connectivity index (χ1) is 8.60. The van der Waals surface area contributed by atoms with E-state index in [2.05, 4.69) is 52.4 Å². The van der Waals surface area contributed by atoms with Gasteiger partial charge in [0.1, 0.15) is 0 Å². The van der Waals surface area contributed by atoms with Crippen molar-refractivity contribution in [1.29, 1.82) is 0 Å². The van der Waals surface area contributed by atoms with E-state index in [1.165, 1.54) is 12.8 Å². The summed E-state index contributed by atoms with van der Waals surface area (Å²) in [6.07, 6.45) is 3.39.